The fraction of sp³-hybridized carbons (Fsp3) is 0.300. The van der Waals surface area contributed by atoms with E-state index in [0.717, 1.165) is 13.0 Å². The summed E-state index contributed by atoms with van der Waals surface area (Å²) in [5.74, 6) is 0. The lowest BCUT2D eigenvalue weighted by Crippen LogP contribution is -1.96. The number of nitrogens with zero attached hydrogens (tertiary/aromatic N) is 2. The zero-order chi connectivity index (χ0) is 10.1. The molecule has 0 aromatic carbocycles. The molecular weight excluding hydrogens is 355 g/mol. The third kappa shape index (κ3) is 1.58. The summed E-state index contributed by atoms with van der Waals surface area (Å²) < 4.78 is 4.71. The van der Waals surface area contributed by atoms with Crippen molar-refractivity contribution < 1.29 is 0 Å². The zero-order valence-electron chi connectivity index (χ0n) is 7.80. The normalized spacial score (nSPS) is 11.1. The number of hydrogen-bond acceptors (Lipinski definition) is 1. The summed E-state index contributed by atoms with van der Waals surface area (Å²) in [5.41, 5.74) is 1.21. The van der Waals surface area contributed by atoms with E-state index in [-0.39, 0.29) is 0 Å². The molecule has 0 atom stereocenters. The fourth-order valence-corrected chi connectivity index (χ4v) is 2.89. The Labute approximate surface area is 105 Å². The van der Waals surface area contributed by atoms with Gasteiger partial charge in [0.15, 0.2) is 0 Å². The van der Waals surface area contributed by atoms with Crippen LogP contribution in [0.25, 0.3) is 10.9 Å². The molecule has 0 radical (unpaired) electrons. The van der Waals surface area contributed by atoms with Gasteiger partial charge in [-0.15, -0.1) is 0 Å². The number of halogens is 2. The summed E-state index contributed by atoms with van der Waals surface area (Å²) in [6, 6.07) is 2.06. The molecule has 0 bridgehead atoms. The summed E-state index contributed by atoms with van der Waals surface area (Å²) in [5, 5.41) is 1.28. The first-order valence-electron chi connectivity index (χ1n) is 4.53. The van der Waals surface area contributed by atoms with Gasteiger partial charge in [-0.05, 0) is 51.0 Å². The van der Waals surface area contributed by atoms with Crippen molar-refractivity contribution in [2.24, 2.45) is 0 Å². The summed E-state index contributed by atoms with van der Waals surface area (Å²) in [6.07, 6.45) is 4.90. The van der Waals surface area contributed by atoms with Crippen LogP contribution in [0.3, 0.4) is 0 Å². The topological polar surface area (TPSA) is 17.8 Å². The van der Waals surface area contributed by atoms with Crippen molar-refractivity contribution in [1.29, 1.82) is 0 Å². The molecule has 2 nitrogen and oxygen atoms in total. The average Bonchev–Trinajstić information content (AvgIpc) is 2.45. The van der Waals surface area contributed by atoms with Crippen LogP contribution in [0.15, 0.2) is 23.1 Å². The van der Waals surface area contributed by atoms with Gasteiger partial charge in [0.1, 0.15) is 0 Å². The first kappa shape index (κ1) is 10.4. The van der Waals surface area contributed by atoms with Gasteiger partial charge >= 0.3 is 0 Å². The lowest BCUT2D eigenvalue weighted by atomic mass is 10.3. The largest absolute Gasteiger partial charge is 0.333 e. The van der Waals surface area contributed by atoms with Crippen LogP contribution < -0.4 is 0 Å². The van der Waals surface area contributed by atoms with Gasteiger partial charge in [-0.2, -0.15) is 0 Å². The van der Waals surface area contributed by atoms with E-state index < -0.39 is 0 Å². The number of aryl methyl sites for hydroxylation is 1. The molecule has 14 heavy (non-hydrogen) atoms. The number of fused-ring (bicyclic) bond motifs is 1. The Morgan fingerprint density at radius 1 is 1.57 bits per heavy atom. The third-order valence-electron chi connectivity index (χ3n) is 2.19. The molecule has 0 saturated carbocycles. The molecule has 0 aliphatic rings. The minimum atomic E-state index is 1.03. The van der Waals surface area contributed by atoms with Gasteiger partial charge in [0.05, 0.1) is 19.9 Å². The lowest BCUT2D eigenvalue weighted by molar-refractivity contribution is 0.689. The van der Waals surface area contributed by atoms with Crippen LogP contribution in [0, 0.1) is 3.57 Å². The second-order valence-corrected chi connectivity index (χ2v) is 4.98. The van der Waals surface area contributed by atoms with Crippen LogP contribution in [0.1, 0.15) is 13.3 Å². The lowest BCUT2D eigenvalue weighted by Gasteiger charge is -2.03. The van der Waals surface area contributed by atoms with E-state index in [9.17, 15) is 0 Å². The second kappa shape index (κ2) is 4.18. The molecule has 0 N–H and O–H groups in total. The first-order valence-corrected chi connectivity index (χ1v) is 6.40. The number of rotatable bonds is 2. The van der Waals surface area contributed by atoms with Crippen molar-refractivity contribution in [3.8, 4) is 0 Å². The van der Waals surface area contributed by atoms with Crippen LogP contribution in [0.5, 0.6) is 0 Å². The van der Waals surface area contributed by atoms with E-state index in [4.69, 9.17) is 0 Å². The smallest absolute Gasteiger partial charge is 0.0993 e. The van der Waals surface area contributed by atoms with E-state index >= 15 is 0 Å². The van der Waals surface area contributed by atoms with Gasteiger partial charge in [0.25, 0.3) is 0 Å². The van der Waals surface area contributed by atoms with Gasteiger partial charge < -0.3 is 4.57 Å². The molecule has 2 rings (SSSR count). The maximum Gasteiger partial charge on any atom is 0.0993 e. The van der Waals surface area contributed by atoms with Crippen LogP contribution in [0.2, 0.25) is 0 Å². The molecule has 2 aromatic heterocycles. The summed E-state index contributed by atoms with van der Waals surface area (Å²) >= 11 is 5.99. The van der Waals surface area contributed by atoms with Crippen molar-refractivity contribution in [2.45, 2.75) is 19.9 Å². The van der Waals surface area contributed by atoms with Gasteiger partial charge in [-0.3, -0.25) is 4.98 Å². The summed E-state index contributed by atoms with van der Waals surface area (Å²) in [6.45, 7) is 3.22. The Kier molecular flexibility index (Phi) is 3.11. The average molecular weight is 365 g/mol. The monoisotopic (exact) mass is 364 g/mol. The molecule has 74 valence electrons. The first-order chi connectivity index (χ1) is 6.75. The second-order valence-electron chi connectivity index (χ2n) is 3.15. The van der Waals surface area contributed by atoms with Gasteiger partial charge in [-0.25, -0.2) is 0 Å². The van der Waals surface area contributed by atoms with Crippen LogP contribution in [-0.2, 0) is 6.54 Å². The van der Waals surface area contributed by atoms with E-state index in [1.807, 2.05) is 12.4 Å². The SMILES string of the molecule is CCCn1c(Br)c(I)c2ccncc21. The van der Waals surface area contributed by atoms with Crippen molar-refractivity contribution >= 4 is 49.4 Å². The van der Waals surface area contributed by atoms with Gasteiger partial charge in [0, 0.05) is 18.1 Å². The molecule has 4 heteroatoms. The maximum atomic E-state index is 4.17. The van der Waals surface area contributed by atoms with Crippen LogP contribution >= 0.6 is 38.5 Å². The quantitative estimate of drug-likeness (QED) is 0.741. The predicted molar refractivity (Wildman–Crippen MR) is 70.4 cm³/mol. The minimum Gasteiger partial charge on any atom is -0.333 e. The van der Waals surface area contributed by atoms with Gasteiger partial charge in [0.2, 0.25) is 0 Å². The molecule has 0 fully saturated rings. The van der Waals surface area contributed by atoms with E-state index in [2.05, 4.69) is 61.1 Å². The Bertz CT molecular complexity index is 464. The van der Waals surface area contributed by atoms with Crippen molar-refractivity contribution in [2.75, 3.05) is 0 Å². The third-order valence-corrected chi connectivity index (χ3v) is 4.85. The predicted octanol–water partition coefficient (Wildman–Crippen LogP) is 3.81. The number of hydrogen-bond donors (Lipinski definition) is 0. The van der Waals surface area contributed by atoms with Crippen LogP contribution in [0.4, 0.5) is 0 Å². The summed E-state index contributed by atoms with van der Waals surface area (Å²) in [7, 11) is 0. The molecule has 0 aliphatic carbocycles. The van der Waals surface area contributed by atoms with Crippen molar-refractivity contribution in [3.63, 3.8) is 0 Å². The highest BCUT2D eigenvalue weighted by Crippen LogP contribution is 2.30. The van der Waals surface area contributed by atoms with Crippen LogP contribution in [-0.4, -0.2) is 9.55 Å². The Morgan fingerprint density at radius 2 is 2.36 bits per heavy atom. The molecule has 0 spiro atoms. The molecular formula is C10H10BrIN2. The highest BCUT2D eigenvalue weighted by Gasteiger charge is 2.11. The summed E-state index contributed by atoms with van der Waals surface area (Å²) in [4.78, 5) is 4.17. The molecule has 0 amide bonds. The Hall–Kier alpha value is -0.100. The standard InChI is InChI=1S/C10H10BrIN2/c1-2-5-14-8-6-13-4-3-7(8)9(12)10(14)11/h3-4,6H,2,5H2,1H3. The fourth-order valence-electron chi connectivity index (χ4n) is 1.56. The molecule has 2 aromatic rings. The van der Waals surface area contributed by atoms with E-state index in [1.54, 1.807) is 0 Å². The molecule has 0 saturated heterocycles. The Morgan fingerprint density at radius 3 is 3.07 bits per heavy atom. The van der Waals surface area contributed by atoms with Gasteiger partial charge in [-0.1, -0.05) is 6.92 Å². The molecule has 0 aliphatic heterocycles. The van der Waals surface area contributed by atoms with Crippen molar-refractivity contribution in [3.05, 3.63) is 26.6 Å². The van der Waals surface area contributed by atoms with E-state index in [0.29, 0.717) is 0 Å². The highest BCUT2D eigenvalue weighted by molar-refractivity contribution is 14.1. The minimum absolute atomic E-state index is 1.03. The molecule has 2 heterocycles. The van der Waals surface area contributed by atoms with Crippen molar-refractivity contribution in [1.82, 2.24) is 9.55 Å². The maximum absolute atomic E-state index is 4.17. The molecule has 0 unspecified atom stereocenters. The number of aromatic nitrogens is 2. The number of pyridine rings is 1. The zero-order valence-corrected chi connectivity index (χ0v) is 11.5. The Balaban J connectivity index is 2.74. The highest BCUT2D eigenvalue weighted by atomic mass is 127. The van der Waals surface area contributed by atoms with E-state index in [1.165, 1.54) is 19.1 Å².